The van der Waals surface area contributed by atoms with E-state index in [1.165, 1.54) is 7.11 Å². The van der Waals surface area contributed by atoms with Gasteiger partial charge in [0, 0.05) is 4.47 Å². The summed E-state index contributed by atoms with van der Waals surface area (Å²) in [5.41, 5.74) is 5.19. The van der Waals surface area contributed by atoms with Gasteiger partial charge in [-0.05, 0) is 45.8 Å². The molecule has 0 heterocycles. The standard InChI is InChI=1S/C15H13BrN2O2/c1-20-15(19)13-8-7-11(9-14(13)16)10-17-18-12-5-3-2-4-6-12/h2-10,18H,1H3. The fraction of sp³-hybridized carbons (Fsp3) is 0.0667. The van der Waals surface area contributed by atoms with E-state index < -0.39 is 0 Å². The second-order valence-corrected chi connectivity index (χ2v) is 4.82. The summed E-state index contributed by atoms with van der Waals surface area (Å²) in [5, 5.41) is 4.14. The topological polar surface area (TPSA) is 50.7 Å². The number of methoxy groups -OCH3 is 1. The molecule has 0 aliphatic rings. The third kappa shape index (κ3) is 3.68. The van der Waals surface area contributed by atoms with Gasteiger partial charge in [0.2, 0.25) is 0 Å². The maximum atomic E-state index is 11.4. The van der Waals surface area contributed by atoms with E-state index in [9.17, 15) is 4.79 Å². The van der Waals surface area contributed by atoms with Crippen LogP contribution >= 0.6 is 15.9 Å². The SMILES string of the molecule is COC(=O)c1ccc(C=NNc2ccccc2)cc1Br. The third-order valence-electron chi connectivity index (χ3n) is 2.58. The highest BCUT2D eigenvalue weighted by Gasteiger charge is 2.09. The Balaban J connectivity index is 2.07. The monoisotopic (exact) mass is 332 g/mol. The van der Waals surface area contributed by atoms with Crippen molar-refractivity contribution >= 4 is 33.8 Å². The van der Waals surface area contributed by atoms with Crippen molar-refractivity contribution in [2.24, 2.45) is 5.10 Å². The third-order valence-corrected chi connectivity index (χ3v) is 3.24. The molecule has 0 radical (unpaired) electrons. The van der Waals surface area contributed by atoms with Crippen LogP contribution in [0.2, 0.25) is 0 Å². The Morgan fingerprint density at radius 3 is 2.65 bits per heavy atom. The first kappa shape index (κ1) is 14.3. The summed E-state index contributed by atoms with van der Waals surface area (Å²) < 4.78 is 5.36. The second kappa shape index (κ2) is 6.86. The lowest BCUT2D eigenvalue weighted by molar-refractivity contribution is 0.0599. The molecule has 102 valence electrons. The van der Waals surface area contributed by atoms with Gasteiger partial charge in [-0.15, -0.1) is 0 Å². The van der Waals surface area contributed by atoms with E-state index in [0.29, 0.717) is 10.0 Å². The molecule has 0 amide bonds. The minimum absolute atomic E-state index is 0.372. The number of anilines is 1. The van der Waals surface area contributed by atoms with Crippen LogP contribution < -0.4 is 5.43 Å². The molecule has 5 heteroatoms. The van der Waals surface area contributed by atoms with E-state index in [4.69, 9.17) is 0 Å². The Labute approximate surface area is 125 Å². The molecule has 0 saturated carbocycles. The molecule has 0 aliphatic carbocycles. The van der Waals surface area contributed by atoms with Crippen molar-refractivity contribution in [2.45, 2.75) is 0 Å². The molecule has 0 bridgehead atoms. The zero-order chi connectivity index (χ0) is 14.4. The average Bonchev–Trinajstić information content (AvgIpc) is 2.48. The largest absolute Gasteiger partial charge is 0.465 e. The van der Waals surface area contributed by atoms with Crippen LogP contribution in [0, 0.1) is 0 Å². The number of nitrogens with one attached hydrogen (secondary N) is 1. The normalized spacial score (nSPS) is 10.5. The quantitative estimate of drug-likeness (QED) is 0.527. The second-order valence-electron chi connectivity index (χ2n) is 3.97. The number of hydrazone groups is 1. The van der Waals surface area contributed by atoms with E-state index >= 15 is 0 Å². The van der Waals surface area contributed by atoms with Crippen LogP contribution in [0.3, 0.4) is 0 Å². The molecule has 0 aromatic heterocycles. The minimum Gasteiger partial charge on any atom is -0.465 e. The summed E-state index contributed by atoms with van der Waals surface area (Å²) in [5.74, 6) is -0.372. The summed E-state index contributed by atoms with van der Waals surface area (Å²) >= 11 is 3.34. The first-order chi connectivity index (χ1) is 9.70. The van der Waals surface area contributed by atoms with Gasteiger partial charge in [0.05, 0.1) is 24.6 Å². The fourth-order valence-corrected chi connectivity index (χ4v) is 2.14. The summed E-state index contributed by atoms with van der Waals surface area (Å²) in [6.07, 6.45) is 1.68. The molecule has 0 unspecified atom stereocenters. The van der Waals surface area contributed by atoms with Gasteiger partial charge in [0.25, 0.3) is 0 Å². The molecule has 2 aromatic rings. The number of halogens is 1. The van der Waals surface area contributed by atoms with E-state index in [1.807, 2.05) is 36.4 Å². The lowest BCUT2D eigenvalue weighted by Crippen LogP contribution is -2.02. The number of para-hydroxylation sites is 1. The zero-order valence-electron chi connectivity index (χ0n) is 10.8. The van der Waals surface area contributed by atoms with Crippen molar-refractivity contribution in [3.8, 4) is 0 Å². The molecule has 2 rings (SSSR count). The molecule has 0 fully saturated rings. The number of carbonyl (C=O) groups is 1. The van der Waals surface area contributed by atoms with Crippen molar-refractivity contribution in [3.63, 3.8) is 0 Å². The number of hydrogen-bond acceptors (Lipinski definition) is 4. The number of esters is 1. The predicted molar refractivity (Wildman–Crippen MR) is 83.1 cm³/mol. The molecule has 1 N–H and O–H groups in total. The number of hydrogen-bond donors (Lipinski definition) is 1. The number of benzene rings is 2. The lowest BCUT2D eigenvalue weighted by Gasteiger charge is -2.03. The summed E-state index contributed by atoms with van der Waals surface area (Å²) in [7, 11) is 1.36. The van der Waals surface area contributed by atoms with Crippen LogP contribution in [-0.4, -0.2) is 19.3 Å². The Morgan fingerprint density at radius 2 is 2.00 bits per heavy atom. The highest BCUT2D eigenvalue weighted by molar-refractivity contribution is 9.10. The number of nitrogens with zero attached hydrogens (tertiary/aromatic N) is 1. The van der Waals surface area contributed by atoms with E-state index in [-0.39, 0.29) is 5.97 Å². The molecule has 0 saturated heterocycles. The Bertz CT molecular complexity index is 627. The van der Waals surface area contributed by atoms with Crippen molar-refractivity contribution < 1.29 is 9.53 Å². The zero-order valence-corrected chi connectivity index (χ0v) is 12.4. The maximum absolute atomic E-state index is 11.4. The van der Waals surface area contributed by atoms with Gasteiger partial charge in [-0.2, -0.15) is 5.10 Å². The van der Waals surface area contributed by atoms with Crippen LogP contribution in [0.5, 0.6) is 0 Å². The minimum atomic E-state index is -0.372. The van der Waals surface area contributed by atoms with Gasteiger partial charge in [-0.1, -0.05) is 24.3 Å². The molecule has 4 nitrogen and oxygen atoms in total. The Hall–Kier alpha value is -2.14. The number of rotatable bonds is 4. The Kier molecular flexibility index (Phi) is 4.90. The van der Waals surface area contributed by atoms with Crippen LogP contribution in [0.15, 0.2) is 58.1 Å². The summed E-state index contributed by atoms with van der Waals surface area (Å²) in [4.78, 5) is 11.4. The van der Waals surface area contributed by atoms with Crippen LogP contribution in [-0.2, 0) is 4.74 Å². The van der Waals surface area contributed by atoms with Crippen molar-refractivity contribution in [2.75, 3.05) is 12.5 Å². The molecule has 20 heavy (non-hydrogen) atoms. The predicted octanol–water partition coefficient (Wildman–Crippen LogP) is 3.68. The summed E-state index contributed by atoms with van der Waals surface area (Å²) in [6, 6.07) is 15.0. The van der Waals surface area contributed by atoms with Gasteiger partial charge < -0.3 is 4.74 Å². The average molecular weight is 333 g/mol. The van der Waals surface area contributed by atoms with Gasteiger partial charge in [-0.25, -0.2) is 4.79 Å². The van der Waals surface area contributed by atoms with Gasteiger partial charge in [-0.3, -0.25) is 5.43 Å². The van der Waals surface area contributed by atoms with E-state index in [1.54, 1.807) is 18.3 Å². The van der Waals surface area contributed by atoms with Crippen LogP contribution in [0.4, 0.5) is 5.69 Å². The molecule has 2 aromatic carbocycles. The molecule has 0 aliphatic heterocycles. The van der Waals surface area contributed by atoms with Crippen molar-refractivity contribution in [1.82, 2.24) is 0 Å². The van der Waals surface area contributed by atoms with E-state index in [2.05, 4.69) is 31.2 Å². The smallest absolute Gasteiger partial charge is 0.339 e. The van der Waals surface area contributed by atoms with Crippen molar-refractivity contribution in [1.29, 1.82) is 0 Å². The highest BCUT2D eigenvalue weighted by Crippen LogP contribution is 2.18. The molecular weight excluding hydrogens is 320 g/mol. The number of ether oxygens (including phenoxy) is 1. The maximum Gasteiger partial charge on any atom is 0.339 e. The van der Waals surface area contributed by atoms with E-state index in [0.717, 1.165) is 11.3 Å². The van der Waals surface area contributed by atoms with Crippen LogP contribution in [0.25, 0.3) is 0 Å². The molecule has 0 spiro atoms. The first-order valence-corrected chi connectivity index (χ1v) is 6.72. The summed E-state index contributed by atoms with van der Waals surface area (Å²) in [6.45, 7) is 0. The van der Waals surface area contributed by atoms with Gasteiger partial charge >= 0.3 is 5.97 Å². The van der Waals surface area contributed by atoms with Gasteiger partial charge in [0.1, 0.15) is 0 Å². The Morgan fingerprint density at radius 1 is 1.25 bits per heavy atom. The van der Waals surface area contributed by atoms with Crippen LogP contribution in [0.1, 0.15) is 15.9 Å². The molecule has 0 atom stereocenters. The first-order valence-electron chi connectivity index (χ1n) is 5.92. The fourth-order valence-electron chi connectivity index (χ4n) is 1.58. The number of carbonyl (C=O) groups excluding carboxylic acids is 1. The van der Waals surface area contributed by atoms with Crippen molar-refractivity contribution in [3.05, 3.63) is 64.1 Å². The lowest BCUT2D eigenvalue weighted by atomic mass is 10.1. The van der Waals surface area contributed by atoms with Gasteiger partial charge in [0.15, 0.2) is 0 Å². The highest BCUT2D eigenvalue weighted by atomic mass is 79.9. The molecular formula is C15H13BrN2O2.